The van der Waals surface area contributed by atoms with E-state index in [0.29, 0.717) is 24.0 Å². The number of hydrogen-bond acceptors (Lipinski definition) is 8. The lowest BCUT2D eigenvalue weighted by Gasteiger charge is -2.19. The summed E-state index contributed by atoms with van der Waals surface area (Å²) in [7, 11) is 0. The molecule has 1 unspecified atom stereocenters. The van der Waals surface area contributed by atoms with Gasteiger partial charge in [0, 0.05) is 25.2 Å². The van der Waals surface area contributed by atoms with Gasteiger partial charge in [-0.3, -0.25) is 15.0 Å². The van der Waals surface area contributed by atoms with Gasteiger partial charge in [0.05, 0.1) is 23.7 Å². The first-order chi connectivity index (χ1) is 15.9. The molecule has 0 fully saturated rings. The smallest absolute Gasteiger partial charge is 0.306 e. The number of aryl methyl sites for hydroxylation is 2. The molecule has 1 amide bonds. The van der Waals surface area contributed by atoms with Gasteiger partial charge < -0.3 is 30.6 Å². The highest BCUT2D eigenvalue weighted by Crippen LogP contribution is 2.23. The number of aromatic nitrogens is 2. The number of nitrogens with two attached hydrogens (primary N) is 1. The van der Waals surface area contributed by atoms with Crippen molar-refractivity contribution in [3.8, 4) is 0 Å². The molecule has 2 rings (SSSR count). The molecule has 0 aliphatic carbocycles. The molecule has 34 heavy (non-hydrogen) atoms. The summed E-state index contributed by atoms with van der Waals surface area (Å²) in [6.45, 7) is 7.69. The first-order valence-electron chi connectivity index (χ1n) is 11.6. The number of unbranched alkanes of at least 4 members (excludes halogenated alkanes) is 3. The van der Waals surface area contributed by atoms with E-state index in [9.17, 15) is 14.7 Å². The average Bonchev–Trinajstić information content (AvgIpc) is 2.74. The van der Waals surface area contributed by atoms with Crippen LogP contribution in [0.15, 0.2) is 12.1 Å². The summed E-state index contributed by atoms with van der Waals surface area (Å²) >= 11 is 0. The monoisotopic (exact) mass is 475 g/mol. The van der Waals surface area contributed by atoms with E-state index in [2.05, 4.69) is 10.3 Å². The largest absolute Gasteiger partial charge is 0.460 e. The lowest BCUT2D eigenvalue weighted by Crippen LogP contribution is -2.32. The minimum atomic E-state index is -0.898. The molecule has 2 aromatic rings. The number of aliphatic hydroxyl groups excluding tert-OH is 2. The molecule has 0 aliphatic heterocycles. The zero-order chi connectivity index (χ0) is 25.5. The predicted octanol–water partition coefficient (Wildman–Crippen LogP) is 1.98. The third-order valence-electron chi connectivity index (χ3n) is 5.24. The maximum absolute atomic E-state index is 11.9. The van der Waals surface area contributed by atoms with Crippen LogP contribution in [0.4, 0.5) is 5.69 Å². The number of carbonyl (C=O) groups excluding carboxylic acids is 2. The Morgan fingerprint density at radius 3 is 2.53 bits per heavy atom. The maximum Gasteiger partial charge on any atom is 0.306 e. The minimum absolute atomic E-state index is 0.0565. The number of nitrogens with zero attached hydrogens (tertiary/aromatic N) is 2. The number of anilines is 1. The number of benzene rings is 1. The van der Waals surface area contributed by atoms with Crippen molar-refractivity contribution < 1.29 is 24.5 Å². The summed E-state index contributed by atoms with van der Waals surface area (Å²) in [4.78, 5) is 28.0. The fraction of sp³-hybridized carbons (Fsp3) is 0.583. The summed E-state index contributed by atoms with van der Waals surface area (Å²) in [6, 6.07) is 3.62. The van der Waals surface area contributed by atoms with Crippen molar-refractivity contribution in [2.75, 3.05) is 18.5 Å². The second-order valence-corrected chi connectivity index (χ2v) is 9.45. The van der Waals surface area contributed by atoms with Crippen molar-refractivity contribution in [1.29, 1.82) is 5.41 Å². The summed E-state index contributed by atoms with van der Waals surface area (Å²) < 4.78 is 7.03. The Balaban J connectivity index is 2.15. The lowest BCUT2D eigenvalue weighted by molar-refractivity contribution is -0.154. The zero-order valence-corrected chi connectivity index (χ0v) is 20.5. The van der Waals surface area contributed by atoms with Gasteiger partial charge in [-0.1, -0.05) is 12.8 Å². The SMILES string of the molecule is Cc1cc2nc(C(N)=O)c(=N)n(CCCCCCC(=O)OC(C)(C)C)c2cc1NCC(O)CO. The molecule has 1 atom stereocenters. The van der Waals surface area contributed by atoms with Crippen molar-refractivity contribution in [3.63, 3.8) is 0 Å². The molecule has 0 spiro atoms. The highest BCUT2D eigenvalue weighted by molar-refractivity contribution is 5.93. The molecule has 188 valence electrons. The molecule has 0 bridgehead atoms. The van der Waals surface area contributed by atoms with E-state index in [-0.39, 0.29) is 30.3 Å². The van der Waals surface area contributed by atoms with E-state index in [1.165, 1.54) is 0 Å². The minimum Gasteiger partial charge on any atom is -0.460 e. The normalized spacial score (nSPS) is 12.5. The summed E-state index contributed by atoms with van der Waals surface area (Å²) in [5.41, 5.74) is 7.61. The van der Waals surface area contributed by atoms with Gasteiger partial charge in [-0.05, 0) is 58.2 Å². The number of nitrogens with one attached hydrogen (secondary N) is 2. The van der Waals surface area contributed by atoms with E-state index < -0.39 is 17.6 Å². The van der Waals surface area contributed by atoms with Gasteiger partial charge in [-0.2, -0.15) is 0 Å². The first kappa shape index (κ1) is 27.3. The zero-order valence-electron chi connectivity index (χ0n) is 20.5. The summed E-state index contributed by atoms with van der Waals surface area (Å²) in [5, 5.41) is 30.3. The Labute approximate surface area is 199 Å². The Morgan fingerprint density at radius 2 is 1.91 bits per heavy atom. The van der Waals surface area contributed by atoms with Gasteiger partial charge >= 0.3 is 5.97 Å². The number of hydrogen-bond donors (Lipinski definition) is 5. The van der Waals surface area contributed by atoms with Crippen LogP contribution in [0, 0.1) is 12.3 Å². The highest BCUT2D eigenvalue weighted by Gasteiger charge is 2.16. The molecule has 0 radical (unpaired) electrons. The standard InChI is InChI=1S/C24H37N5O5/c1-15-11-18-19(12-17(15)27-13-16(31)14-30)29(22(25)21(28-18)23(26)33)10-8-6-5-7-9-20(32)34-24(2,3)4/h11-12,16,25,27,30-31H,5-10,13-14H2,1-4H3,(H2,26,33). The van der Waals surface area contributed by atoms with Crippen LogP contribution >= 0.6 is 0 Å². The van der Waals surface area contributed by atoms with E-state index in [0.717, 1.165) is 36.9 Å². The molecule has 1 heterocycles. The molecule has 0 aliphatic rings. The van der Waals surface area contributed by atoms with Crippen LogP contribution in [0.3, 0.4) is 0 Å². The Bertz CT molecular complexity index is 1070. The molecule has 1 aromatic heterocycles. The number of aliphatic hydroxyl groups is 2. The second kappa shape index (κ2) is 11.9. The van der Waals surface area contributed by atoms with Crippen LogP contribution in [0.2, 0.25) is 0 Å². The van der Waals surface area contributed by atoms with Gasteiger partial charge in [-0.15, -0.1) is 0 Å². The molecular weight excluding hydrogens is 438 g/mol. The van der Waals surface area contributed by atoms with Gasteiger partial charge in [0.2, 0.25) is 0 Å². The topological polar surface area (TPSA) is 164 Å². The van der Waals surface area contributed by atoms with Crippen molar-refractivity contribution >= 4 is 28.6 Å². The number of rotatable bonds is 12. The third-order valence-corrected chi connectivity index (χ3v) is 5.24. The van der Waals surface area contributed by atoms with E-state index >= 15 is 0 Å². The van der Waals surface area contributed by atoms with Gasteiger partial charge in [0.15, 0.2) is 11.2 Å². The van der Waals surface area contributed by atoms with Crippen molar-refractivity contribution in [2.45, 2.75) is 78.0 Å². The van der Waals surface area contributed by atoms with E-state index in [4.69, 9.17) is 21.0 Å². The van der Waals surface area contributed by atoms with Crippen LogP contribution in [0.25, 0.3) is 11.0 Å². The van der Waals surface area contributed by atoms with Crippen LogP contribution in [0.5, 0.6) is 0 Å². The van der Waals surface area contributed by atoms with Crippen LogP contribution in [0.1, 0.15) is 68.9 Å². The van der Waals surface area contributed by atoms with Crippen LogP contribution < -0.4 is 16.5 Å². The van der Waals surface area contributed by atoms with Crippen molar-refractivity contribution in [1.82, 2.24) is 9.55 Å². The lowest BCUT2D eigenvalue weighted by atomic mass is 10.1. The predicted molar refractivity (Wildman–Crippen MR) is 129 cm³/mol. The van der Waals surface area contributed by atoms with Crippen LogP contribution in [-0.2, 0) is 16.1 Å². The number of fused-ring (bicyclic) bond motifs is 1. The number of primary amides is 1. The fourth-order valence-electron chi connectivity index (χ4n) is 3.58. The van der Waals surface area contributed by atoms with Gasteiger partial charge in [0.25, 0.3) is 5.91 Å². The van der Waals surface area contributed by atoms with Crippen LogP contribution in [-0.4, -0.2) is 56.5 Å². The Morgan fingerprint density at radius 1 is 1.24 bits per heavy atom. The average molecular weight is 476 g/mol. The van der Waals surface area contributed by atoms with E-state index in [1.807, 2.05) is 33.8 Å². The Hall–Kier alpha value is -2.98. The molecule has 10 heteroatoms. The number of esters is 1. The van der Waals surface area contributed by atoms with E-state index in [1.54, 1.807) is 10.6 Å². The molecular formula is C24H37N5O5. The molecule has 0 saturated carbocycles. The maximum atomic E-state index is 11.9. The van der Waals surface area contributed by atoms with Gasteiger partial charge in [-0.25, -0.2) is 4.98 Å². The summed E-state index contributed by atoms with van der Waals surface area (Å²) in [5.74, 6) is -0.966. The second-order valence-electron chi connectivity index (χ2n) is 9.45. The molecule has 0 saturated heterocycles. The first-order valence-corrected chi connectivity index (χ1v) is 11.6. The molecule has 6 N–H and O–H groups in total. The quantitative estimate of drug-likeness (QED) is 0.231. The number of carbonyl (C=O) groups is 2. The number of ether oxygens (including phenoxy) is 1. The molecule has 1 aromatic carbocycles. The molecule has 10 nitrogen and oxygen atoms in total. The third kappa shape index (κ3) is 7.81. The van der Waals surface area contributed by atoms with Crippen molar-refractivity contribution in [2.24, 2.45) is 5.73 Å². The fourth-order valence-corrected chi connectivity index (χ4v) is 3.58. The summed E-state index contributed by atoms with van der Waals surface area (Å²) in [6.07, 6.45) is 2.60. The Kier molecular flexibility index (Phi) is 9.57. The van der Waals surface area contributed by atoms with Crippen molar-refractivity contribution in [3.05, 3.63) is 28.9 Å². The van der Waals surface area contributed by atoms with Gasteiger partial charge in [0.1, 0.15) is 5.60 Å². The highest BCUT2D eigenvalue weighted by atomic mass is 16.6. The number of amides is 1.